The molecule has 0 saturated carbocycles. The van der Waals surface area contributed by atoms with Crippen molar-refractivity contribution in [3.05, 3.63) is 24.1 Å². The van der Waals surface area contributed by atoms with E-state index in [9.17, 15) is 4.79 Å². The van der Waals surface area contributed by atoms with Crippen LogP contribution in [-0.2, 0) is 9.53 Å². The number of carboxylic acid groups (broad SMARTS) is 1. The second kappa shape index (κ2) is 6.52. The third-order valence-corrected chi connectivity index (χ3v) is 3.65. The summed E-state index contributed by atoms with van der Waals surface area (Å²) in [5.74, 6) is -0.933. The van der Waals surface area contributed by atoms with Gasteiger partial charge in [0.25, 0.3) is 0 Å². The van der Waals surface area contributed by atoms with E-state index < -0.39 is 11.9 Å². The summed E-state index contributed by atoms with van der Waals surface area (Å²) in [4.78, 5) is 15.2. The Morgan fingerprint density at radius 2 is 2.47 bits per heavy atom. The van der Waals surface area contributed by atoms with Gasteiger partial charge < -0.3 is 15.2 Å². The number of rotatable bonds is 5. The zero-order chi connectivity index (χ0) is 13.7. The monoisotopic (exact) mass is 264 g/mol. The summed E-state index contributed by atoms with van der Waals surface area (Å²) in [6.45, 7) is 3.60. The molecule has 0 aromatic carbocycles. The number of ether oxygens (including phenoxy) is 1. The van der Waals surface area contributed by atoms with Crippen molar-refractivity contribution in [2.75, 3.05) is 13.2 Å². The number of nitrogens with zero attached hydrogens (tertiary/aromatic N) is 1. The first-order chi connectivity index (χ1) is 9.22. The third kappa shape index (κ3) is 3.44. The Kier molecular flexibility index (Phi) is 4.74. The van der Waals surface area contributed by atoms with Crippen molar-refractivity contribution in [3.8, 4) is 0 Å². The van der Waals surface area contributed by atoms with Gasteiger partial charge >= 0.3 is 5.97 Å². The average molecular weight is 264 g/mol. The molecule has 3 atom stereocenters. The number of carboxylic acids is 1. The van der Waals surface area contributed by atoms with Crippen LogP contribution in [0, 0.1) is 11.8 Å². The van der Waals surface area contributed by atoms with Gasteiger partial charge in [0, 0.05) is 19.0 Å². The highest BCUT2D eigenvalue weighted by atomic mass is 16.5. The first kappa shape index (κ1) is 13.8. The molecule has 0 bridgehead atoms. The van der Waals surface area contributed by atoms with Crippen LogP contribution < -0.4 is 5.32 Å². The fourth-order valence-corrected chi connectivity index (χ4v) is 2.45. The lowest BCUT2D eigenvalue weighted by molar-refractivity contribution is -0.140. The highest BCUT2D eigenvalue weighted by molar-refractivity contribution is 5.81. The topological polar surface area (TPSA) is 70.9 Å². The molecule has 5 heteroatoms. The van der Waals surface area contributed by atoms with Gasteiger partial charge in [-0.25, -0.2) is 0 Å². The molecule has 0 radical (unpaired) electrons. The van der Waals surface area contributed by atoms with Gasteiger partial charge in [-0.15, -0.1) is 0 Å². The zero-order valence-electron chi connectivity index (χ0n) is 11.1. The first-order valence-electron chi connectivity index (χ1n) is 6.69. The molecule has 2 rings (SSSR count). The molecule has 0 aromatic rings. The van der Waals surface area contributed by atoms with Gasteiger partial charge in [0.15, 0.2) is 0 Å². The lowest BCUT2D eigenvalue weighted by atomic mass is 9.92. The Balaban J connectivity index is 1.92. The van der Waals surface area contributed by atoms with E-state index in [1.54, 1.807) is 18.5 Å². The van der Waals surface area contributed by atoms with Gasteiger partial charge in [-0.3, -0.25) is 9.79 Å². The van der Waals surface area contributed by atoms with Crippen LogP contribution >= 0.6 is 0 Å². The first-order valence-corrected chi connectivity index (χ1v) is 6.69. The lowest BCUT2D eigenvalue weighted by Gasteiger charge is -2.27. The molecule has 0 spiro atoms. The minimum absolute atomic E-state index is 0.233. The summed E-state index contributed by atoms with van der Waals surface area (Å²) in [5, 5.41) is 12.5. The van der Waals surface area contributed by atoms with E-state index in [0.29, 0.717) is 5.92 Å². The molecular formula is C14H20N2O3. The fourth-order valence-electron chi connectivity index (χ4n) is 2.45. The summed E-state index contributed by atoms with van der Waals surface area (Å²) in [6, 6.07) is -0.233. The number of aliphatic carboxylic acids is 1. The van der Waals surface area contributed by atoms with Crippen molar-refractivity contribution in [1.82, 2.24) is 5.32 Å². The molecule has 0 aromatic heterocycles. The van der Waals surface area contributed by atoms with E-state index in [4.69, 9.17) is 9.84 Å². The third-order valence-electron chi connectivity index (χ3n) is 3.65. The van der Waals surface area contributed by atoms with Crippen LogP contribution in [0.15, 0.2) is 29.1 Å². The van der Waals surface area contributed by atoms with E-state index in [0.717, 1.165) is 26.0 Å². The summed E-state index contributed by atoms with van der Waals surface area (Å²) in [6.07, 6.45) is 8.63. The Bertz CT molecular complexity index is 415. The number of hydrogen-bond acceptors (Lipinski definition) is 4. The standard InChI is InChI=1S/C14H20N2O3/c1-2-10-9-19-6-4-11(10)7-16-13-8-15-5-3-12(13)14(17)18/h3,5,8-9,11-13,16H,2,4,6-7H2,1H3,(H,17,18)/t11-,12?,13?/m0/s1. The van der Waals surface area contributed by atoms with Crippen LogP contribution in [0.4, 0.5) is 0 Å². The maximum Gasteiger partial charge on any atom is 0.312 e. The van der Waals surface area contributed by atoms with Crippen LogP contribution in [0.1, 0.15) is 19.8 Å². The fraction of sp³-hybridized carbons (Fsp3) is 0.571. The number of nitrogens with one attached hydrogen (secondary N) is 1. The molecule has 19 heavy (non-hydrogen) atoms. The summed E-state index contributed by atoms with van der Waals surface area (Å²) >= 11 is 0. The Hall–Kier alpha value is -1.62. The second-order valence-corrected chi connectivity index (χ2v) is 4.84. The molecular weight excluding hydrogens is 244 g/mol. The van der Waals surface area contributed by atoms with Crippen LogP contribution in [0.2, 0.25) is 0 Å². The number of aliphatic imine (C=N–C) groups is 1. The van der Waals surface area contributed by atoms with Gasteiger partial charge in [0.05, 0.1) is 24.8 Å². The molecule has 0 amide bonds. The number of carbonyl (C=O) groups is 1. The molecule has 0 fully saturated rings. The molecule has 2 unspecified atom stereocenters. The highest BCUT2D eigenvalue weighted by Crippen LogP contribution is 2.23. The quantitative estimate of drug-likeness (QED) is 0.790. The zero-order valence-corrected chi connectivity index (χ0v) is 11.1. The van der Waals surface area contributed by atoms with E-state index in [2.05, 4.69) is 17.2 Å². The van der Waals surface area contributed by atoms with Crippen LogP contribution in [0.5, 0.6) is 0 Å². The lowest BCUT2D eigenvalue weighted by Crippen LogP contribution is -2.44. The summed E-state index contributed by atoms with van der Waals surface area (Å²) in [7, 11) is 0. The van der Waals surface area contributed by atoms with Crippen molar-refractivity contribution in [3.63, 3.8) is 0 Å². The molecule has 5 nitrogen and oxygen atoms in total. The Morgan fingerprint density at radius 3 is 3.21 bits per heavy atom. The highest BCUT2D eigenvalue weighted by Gasteiger charge is 2.27. The smallest absolute Gasteiger partial charge is 0.312 e. The minimum atomic E-state index is -0.821. The maximum absolute atomic E-state index is 11.2. The van der Waals surface area contributed by atoms with Crippen molar-refractivity contribution in [2.24, 2.45) is 16.8 Å². The van der Waals surface area contributed by atoms with Crippen LogP contribution in [0.25, 0.3) is 0 Å². The normalized spacial score (nSPS) is 29.7. The molecule has 2 N–H and O–H groups in total. The van der Waals surface area contributed by atoms with E-state index in [1.807, 2.05) is 6.26 Å². The average Bonchev–Trinajstić information content (AvgIpc) is 2.45. The molecule has 0 aliphatic carbocycles. The largest absolute Gasteiger partial charge is 0.501 e. The SMILES string of the molecule is CCC1=COCC[C@H]1CNC1C=NC=CC1C(=O)O. The predicted octanol–water partition coefficient (Wildman–Crippen LogP) is 1.57. The molecule has 2 aliphatic rings. The van der Waals surface area contributed by atoms with E-state index in [-0.39, 0.29) is 6.04 Å². The minimum Gasteiger partial charge on any atom is -0.501 e. The summed E-state index contributed by atoms with van der Waals surface area (Å²) < 4.78 is 5.33. The molecule has 0 saturated heterocycles. The maximum atomic E-state index is 11.2. The van der Waals surface area contributed by atoms with Gasteiger partial charge in [-0.2, -0.15) is 0 Å². The van der Waals surface area contributed by atoms with Crippen molar-refractivity contribution < 1.29 is 14.6 Å². The van der Waals surface area contributed by atoms with Gasteiger partial charge in [0.2, 0.25) is 0 Å². The van der Waals surface area contributed by atoms with Crippen molar-refractivity contribution in [1.29, 1.82) is 0 Å². The molecule has 104 valence electrons. The Labute approximate surface area is 113 Å². The van der Waals surface area contributed by atoms with Gasteiger partial charge in [-0.1, -0.05) is 13.0 Å². The van der Waals surface area contributed by atoms with Crippen molar-refractivity contribution >= 4 is 12.2 Å². The number of hydrogen-bond donors (Lipinski definition) is 2. The summed E-state index contributed by atoms with van der Waals surface area (Å²) in [5.41, 5.74) is 1.29. The van der Waals surface area contributed by atoms with E-state index >= 15 is 0 Å². The van der Waals surface area contributed by atoms with Crippen LogP contribution in [-0.4, -0.2) is 36.5 Å². The second-order valence-electron chi connectivity index (χ2n) is 4.84. The Morgan fingerprint density at radius 1 is 1.63 bits per heavy atom. The van der Waals surface area contributed by atoms with Gasteiger partial charge in [-0.05, 0) is 24.3 Å². The molecule has 2 aliphatic heterocycles. The van der Waals surface area contributed by atoms with Crippen LogP contribution in [0.3, 0.4) is 0 Å². The predicted molar refractivity (Wildman–Crippen MR) is 73.0 cm³/mol. The van der Waals surface area contributed by atoms with Crippen molar-refractivity contribution in [2.45, 2.75) is 25.8 Å². The van der Waals surface area contributed by atoms with Gasteiger partial charge in [0.1, 0.15) is 0 Å². The molecule has 2 heterocycles. The van der Waals surface area contributed by atoms with E-state index in [1.165, 1.54) is 5.57 Å².